The number of ether oxygens (including phenoxy) is 1. The van der Waals surface area contributed by atoms with E-state index in [0.717, 1.165) is 32.9 Å². The first kappa shape index (κ1) is 30.8. The summed E-state index contributed by atoms with van der Waals surface area (Å²) in [6.07, 6.45) is -4.08. The molecular formula is C33H32F4N4O4. The molecule has 12 heteroatoms. The zero-order chi connectivity index (χ0) is 31.9. The summed E-state index contributed by atoms with van der Waals surface area (Å²) in [5.41, 5.74) is 3.98. The second-order valence-corrected chi connectivity index (χ2v) is 11.6. The number of fused-ring (bicyclic) bond motifs is 2. The zero-order valence-electron chi connectivity index (χ0n) is 24.3. The van der Waals surface area contributed by atoms with E-state index in [0.29, 0.717) is 38.0 Å². The summed E-state index contributed by atoms with van der Waals surface area (Å²) in [5, 5.41) is 9.60. The van der Waals surface area contributed by atoms with E-state index >= 15 is 0 Å². The van der Waals surface area contributed by atoms with Crippen LogP contribution in [0.25, 0.3) is 0 Å². The Hall–Kier alpha value is -4.26. The quantitative estimate of drug-likeness (QED) is 0.291. The largest absolute Gasteiger partial charge is 0.508 e. The van der Waals surface area contributed by atoms with E-state index in [1.807, 2.05) is 12.1 Å². The number of phenols is 1. The molecule has 1 fully saturated rings. The number of piperidine rings is 1. The van der Waals surface area contributed by atoms with Crippen LogP contribution in [0.3, 0.4) is 0 Å². The number of nitrogens with two attached hydrogens (primary N) is 1. The van der Waals surface area contributed by atoms with Gasteiger partial charge in [0.2, 0.25) is 0 Å². The maximum atomic E-state index is 15.0. The Labute approximate surface area is 255 Å². The molecular weight excluding hydrogens is 592 g/mol. The number of aromatic hydroxyl groups is 1. The topological polar surface area (TPSA) is 103 Å². The number of rotatable bonds is 7. The highest BCUT2D eigenvalue weighted by molar-refractivity contribution is 5.35. The standard InChI is InChI=1S/C33H32F4N4O4/c34-26-8-4-7-25(33(35,36)37)24(26)18-40-28-20-45-32(13-15-39(16-14-32)17-21-9-11-23(42)12-10-21)29(28)30(43)41(31(40)44)19-27(38)22-5-2-1-3-6-22/h1-12,27,42H,13-20,38H2. The number of hydrogen-bond acceptors (Lipinski definition) is 6. The predicted molar refractivity (Wildman–Crippen MR) is 158 cm³/mol. The van der Waals surface area contributed by atoms with Gasteiger partial charge in [-0.05, 0) is 48.2 Å². The fourth-order valence-electron chi connectivity index (χ4n) is 6.42. The molecule has 0 saturated carbocycles. The minimum Gasteiger partial charge on any atom is -0.508 e. The molecule has 1 spiro atoms. The highest BCUT2D eigenvalue weighted by Gasteiger charge is 2.47. The lowest BCUT2D eigenvalue weighted by Gasteiger charge is -2.39. The zero-order valence-corrected chi connectivity index (χ0v) is 24.3. The number of aromatic nitrogens is 2. The van der Waals surface area contributed by atoms with E-state index in [1.165, 1.54) is 0 Å². The first-order valence-corrected chi connectivity index (χ1v) is 14.6. The number of likely N-dealkylation sites (tertiary alicyclic amines) is 1. The Morgan fingerprint density at radius 3 is 2.27 bits per heavy atom. The van der Waals surface area contributed by atoms with Crippen molar-refractivity contribution in [3.8, 4) is 5.75 Å². The molecule has 6 rings (SSSR count). The van der Waals surface area contributed by atoms with E-state index < -0.39 is 52.6 Å². The van der Waals surface area contributed by atoms with Crippen molar-refractivity contribution in [3.63, 3.8) is 0 Å². The molecule has 1 atom stereocenters. The summed E-state index contributed by atoms with van der Waals surface area (Å²) in [5.74, 6) is -0.945. The Balaban J connectivity index is 1.41. The van der Waals surface area contributed by atoms with E-state index in [2.05, 4.69) is 4.90 Å². The summed E-state index contributed by atoms with van der Waals surface area (Å²) in [6, 6.07) is 17.6. The summed E-state index contributed by atoms with van der Waals surface area (Å²) >= 11 is 0. The van der Waals surface area contributed by atoms with Crippen molar-refractivity contribution in [1.29, 1.82) is 0 Å². The summed E-state index contributed by atoms with van der Waals surface area (Å²) in [7, 11) is 0. The van der Waals surface area contributed by atoms with Crippen LogP contribution >= 0.6 is 0 Å². The van der Waals surface area contributed by atoms with Crippen LogP contribution in [0.5, 0.6) is 5.75 Å². The van der Waals surface area contributed by atoms with Crippen LogP contribution in [0, 0.1) is 5.82 Å². The van der Waals surface area contributed by atoms with E-state index in [9.17, 15) is 32.3 Å². The van der Waals surface area contributed by atoms with Crippen LogP contribution in [0.4, 0.5) is 17.6 Å². The predicted octanol–water partition coefficient (Wildman–Crippen LogP) is 4.64. The summed E-state index contributed by atoms with van der Waals surface area (Å²) in [4.78, 5) is 30.2. The van der Waals surface area contributed by atoms with Crippen molar-refractivity contribution in [1.82, 2.24) is 14.0 Å². The second-order valence-electron chi connectivity index (χ2n) is 11.6. The Bertz CT molecular complexity index is 1810. The van der Waals surface area contributed by atoms with Crippen LogP contribution in [0.1, 0.15) is 52.4 Å². The molecule has 2 aliphatic heterocycles. The van der Waals surface area contributed by atoms with Crippen molar-refractivity contribution < 1.29 is 27.4 Å². The molecule has 1 aromatic heterocycles. The van der Waals surface area contributed by atoms with Gasteiger partial charge in [0.25, 0.3) is 5.56 Å². The highest BCUT2D eigenvalue weighted by Crippen LogP contribution is 2.43. The van der Waals surface area contributed by atoms with Gasteiger partial charge in [-0.3, -0.25) is 18.8 Å². The van der Waals surface area contributed by atoms with Crippen LogP contribution in [0.2, 0.25) is 0 Å². The molecule has 0 amide bonds. The Kier molecular flexibility index (Phi) is 8.14. The lowest BCUT2D eigenvalue weighted by Crippen LogP contribution is -2.49. The molecule has 4 aromatic rings. The van der Waals surface area contributed by atoms with Crippen molar-refractivity contribution in [2.45, 2.75) is 56.9 Å². The summed E-state index contributed by atoms with van der Waals surface area (Å²) < 4.78 is 65.1. The van der Waals surface area contributed by atoms with Gasteiger partial charge >= 0.3 is 11.9 Å². The van der Waals surface area contributed by atoms with Gasteiger partial charge in [0.1, 0.15) is 17.2 Å². The third-order valence-corrected chi connectivity index (χ3v) is 8.83. The molecule has 236 valence electrons. The summed E-state index contributed by atoms with van der Waals surface area (Å²) in [6.45, 7) is 0.519. The molecule has 1 saturated heterocycles. The van der Waals surface area contributed by atoms with Crippen molar-refractivity contribution >= 4 is 0 Å². The van der Waals surface area contributed by atoms with Crippen molar-refractivity contribution in [3.05, 3.63) is 133 Å². The van der Waals surface area contributed by atoms with Crippen LogP contribution in [-0.4, -0.2) is 32.2 Å². The van der Waals surface area contributed by atoms with Crippen molar-refractivity contribution in [2.75, 3.05) is 13.1 Å². The van der Waals surface area contributed by atoms with Gasteiger partial charge in [-0.15, -0.1) is 0 Å². The smallest absolute Gasteiger partial charge is 0.416 e. The average Bonchev–Trinajstić information content (AvgIpc) is 3.38. The van der Waals surface area contributed by atoms with Gasteiger partial charge in [0, 0.05) is 31.2 Å². The van der Waals surface area contributed by atoms with Gasteiger partial charge in [-0.1, -0.05) is 48.5 Å². The Morgan fingerprint density at radius 1 is 0.911 bits per heavy atom. The normalized spacial score (nSPS) is 17.0. The average molecular weight is 625 g/mol. The molecule has 0 aliphatic carbocycles. The van der Waals surface area contributed by atoms with Crippen LogP contribution in [0.15, 0.2) is 82.4 Å². The first-order chi connectivity index (χ1) is 21.5. The van der Waals surface area contributed by atoms with Gasteiger partial charge in [-0.25, -0.2) is 9.18 Å². The molecule has 45 heavy (non-hydrogen) atoms. The second kappa shape index (κ2) is 11.9. The monoisotopic (exact) mass is 624 g/mol. The maximum absolute atomic E-state index is 15.0. The molecule has 3 heterocycles. The fourth-order valence-corrected chi connectivity index (χ4v) is 6.42. The van der Waals surface area contributed by atoms with Crippen LogP contribution in [-0.2, 0) is 42.8 Å². The van der Waals surface area contributed by atoms with E-state index in [-0.39, 0.29) is 30.2 Å². The molecule has 1 unspecified atom stereocenters. The number of hydrogen-bond donors (Lipinski definition) is 2. The number of benzene rings is 3. The number of halogens is 4. The molecule has 0 bridgehead atoms. The molecule has 8 nitrogen and oxygen atoms in total. The molecule has 2 aliphatic rings. The van der Waals surface area contributed by atoms with Gasteiger partial charge in [0.15, 0.2) is 0 Å². The Morgan fingerprint density at radius 2 is 1.60 bits per heavy atom. The fraction of sp³-hybridized carbons (Fsp3) is 0.333. The van der Waals surface area contributed by atoms with E-state index in [4.69, 9.17) is 10.5 Å². The third kappa shape index (κ3) is 5.92. The van der Waals surface area contributed by atoms with Gasteiger partial charge in [0.05, 0.1) is 36.5 Å². The van der Waals surface area contributed by atoms with Crippen molar-refractivity contribution in [2.24, 2.45) is 5.73 Å². The molecule has 0 radical (unpaired) electrons. The van der Waals surface area contributed by atoms with Crippen LogP contribution < -0.4 is 17.0 Å². The van der Waals surface area contributed by atoms with Gasteiger partial charge in [-0.2, -0.15) is 13.2 Å². The SMILES string of the molecule is NC(Cn1c(=O)c2c(n(Cc3c(F)cccc3C(F)(F)F)c1=O)COC21CCN(Cc2ccc(O)cc2)CC1)c1ccccc1. The number of phenolic OH excluding ortho intramolecular Hbond substituents is 1. The first-order valence-electron chi connectivity index (χ1n) is 14.6. The maximum Gasteiger partial charge on any atom is 0.416 e. The number of nitrogens with zero attached hydrogens (tertiary/aromatic N) is 3. The third-order valence-electron chi connectivity index (χ3n) is 8.83. The minimum absolute atomic E-state index is 0.151. The number of alkyl halides is 3. The molecule has 3 aromatic carbocycles. The molecule has 3 N–H and O–H groups in total. The lowest BCUT2D eigenvalue weighted by molar-refractivity contribution is -0.138. The van der Waals surface area contributed by atoms with E-state index in [1.54, 1.807) is 42.5 Å². The minimum atomic E-state index is -4.86. The van der Waals surface area contributed by atoms with Gasteiger partial charge < -0.3 is 15.6 Å². The lowest BCUT2D eigenvalue weighted by atomic mass is 9.85. The highest BCUT2D eigenvalue weighted by atomic mass is 19.4.